The molecule has 2 rings (SSSR count). The molecule has 0 amide bonds. The molecule has 2 aromatic carbocycles. The van der Waals surface area contributed by atoms with Gasteiger partial charge in [-0.2, -0.15) is 5.26 Å². The van der Waals surface area contributed by atoms with Crippen molar-refractivity contribution in [2.75, 3.05) is 0 Å². The van der Waals surface area contributed by atoms with Crippen LogP contribution >= 0.6 is 0 Å². The fraction of sp³-hybridized carbons (Fsp3) is 0. The molecule has 0 aliphatic carbocycles. The van der Waals surface area contributed by atoms with Crippen molar-refractivity contribution in [3.63, 3.8) is 0 Å². The van der Waals surface area contributed by atoms with Crippen molar-refractivity contribution >= 4 is 5.69 Å². The largest absolute Gasteiger partial charge is 0.508 e. The van der Waals surface area contributed by atoms with Gasteiger partial charge in [0.1, 0.15) is 17.4 Å². The summed E-state index contributed by atoms with van der Waals surface area (Å²) in [6.07, 6.45) is 0. The molecule has 0 saturated heterocycles. The lowest BCUT2D eigenvalue weighted by Crippen LogP contribution is -1.92. The van der Waals surface area contributed by atoms with Crippen molar-refractivity contribution in [1.29, 1.82) is 5.26 Å². The van der Waals surface area contributed by atoms with Crippen LogP contribution in [-0.4, -0.2) is 10.0 Å². The summed E-state index contributed by atoms with van der Waals surface area (Å²) in [6, 6.07) is 12.5. The van der Waals surface area contributed by atoms with Crippen molar-refractivity contribution in [3.05, 3.63) is 58.1 Å². The van der Waals surface area contributed by atoms with Crippen LogP contribution in [0.5, 0.6) is 5.75 Å². The number of benzene rings is 2. The highest BCUT2D eigenvalue weighted by Crippen LogP contribution is 2.27. The second-order valence-electron chi connectivity index (χ2n) is 3.65. The Labute approximate surface area is 103 Å². The van der Waals surface area contributed by atoms with Crippen LogP contribution in [0.1, 0.15) is 5.56 Å². The van der Waals surface area contributed by atoms with Gasteiger partial charge in [0.2, 0.25) is 0 Å². The molecule has 0 spiro atoms. The highest BCUT2D eigenvalue weighted by atomic mass is 16.6. The van der Waals surface area contributed by atoms with Crippen molar-refractivity contribution in [1.82, 2.24) is 0 Å². The minimum atomic E-state index is -0.584. The maximum Gasteiger partial charge on any atom is 0.287 e. The Morgan fingerprint density at radius 2 is 1.72 bits per heavy atom. The summed E-state index contributed by atoms with van der Waals surface area (Å²) in [4.78, 5) is 10.1. The smallest absolute Gasteiger partial charge is 0.287 e. The first-order valence-corrected chi connectivity index (χ1v) is 5.10. The third kappa shape index (κ3) is 2.13. The van der Waals surface area contributed by atoms with Gasteiger partial charge in [-0.1, -0.05) is 12.1 Å². The Morgan fingerprint density at radius 3 is 2.28 bits per heavy atom. The fourth-order valence-corrected chi connectivity index (χ4v) is 1.62. The molecule has 5 heteroatoms. The second kappa shape index (κ2) is 4.55. The Hall–Kier alpha value is -2.87. The van der Waals surface area contributed by atoms with Gasteiger partial charge in [-0.25, -0.2) is 0 Å². The van der Waals surface area contributed by atoms with Gasteiger partial charge < -0.3 is 5.11 Å². The summed E-state index contributed by atoms with van der Waals surface area (Å²) < 4.78 is 0. The molecule has 1 N–H and O–H groups in total. The van der Waals surface area contributed by atoms with Crippen LogP contribution in [0.3, 0.4) is 0 Å². The van der Waals surface area contributed by atoms with E-state index in [1.165, 1.54) is 24.3 Å². The van der Waals surface area contributed by atoms with E-state index in [9.17, 15) is 15.2 Å². The molecule has 88 valence electrons. The summed E-state index contributed by atoms with van der Waals surface area (Å²) in [5, 5.41) is 28.8. The highest BCUT2D eigenvalue weighted by Gasteiger charge is 2.14. The van der Waals surface area contributed by atoms with E-state index in [-0.39, 0.29) is 17.0 Å². The molecule has 0 radical (unpaired) electrons. The predicted octanol–water partition coefficient (Wildman–Crippen LogP) is 2.84. The van der Waals surface area contributed by atoms with Crippen LogP contribution in [-0.2, 0) is 0 Å². The summed E-state index contributed by atoms with van der Waals surface area (Å²) in [7, 11) is 0. The zero-order valence-electron chi connectivity index (χ0n) is 9.20. The van der Waals surface area contributed by atoms with E-state index in [1.54, 1.807) is 18.2 Å². The van der Waals surface area contributed by atoms with Crippen LogP contribution in [0.25, 0.3) is 11.1 Å². The Morgan fingerprint density at radius 1 is 1.11 bits per heavy atom. The molecular weight excluding hydrogens is 232 g/mol. The maximum atomic E-state index is 10.7. The SMILES string of the molecule is N#Cc1cc(-c2ccc(O)cc2)ccc1[N+](=O)[O-]. The van der Waals surface area contributed by atoms with E-state index in [2.05, 4.69) is 0 Å². The Balaban J connectivity index is 2.51. The van der Waals surface area contributed by atoms with Crippen LogP contribution in [0.2, 0.25) is 0 Å². The number of phenolic OH excluding ortho intramolecular Hbond substituents is 1. The number of phenols is 1. The van der Waals surface area contributed by atoms with Crippen molar-refractivity contribution in [2.45, 2.75) is 0 Å². The first-order chi connectivity index (χ1) is 8.61. The third-order valence-corrected chi connectivity index (χ3v) is 2.51. The minimum absolute atomic E-state index is 0.0191. The van der Waals surface area contributed by atoms with Crippen LogP contribution < -0.4 is 0 Å². The normalized spacial score (nSPS) is 9.72. The molecule has 0 aliphatic rings. The number of hydrogen-bond donors (Lipinski definition) is 1. The molecule has 2 aromatic rings. The lowest BCUT2D eigenvalue weighted by Gasteiger charge is -2.03. The average Bonchev–Trinajstić information content (AvgIpc) is 2.38. The number of rotatable bonds is 2. The van der Waals surface area contributed by atoms with Gasteiger partial charge >= 0.3 is 0 Å². The third-order valence-electron chi connectivity index (χ3n) is 2.51. The van der Waals surface area contributed by atoms with Crippen LogP contribution in [0.4, 0.5) is 5.69 Å². The molecule has 0 aliphatic heterocycles. The fourth-order valence-electron chi connectivity index (χ4n) is 1.62. The lowest BCUT2D eigenvalue weighted by molar-refractivity contribution is -0.385. The van der Waals surface area contributed by atoms with Crippen molar-refractivity contribution < 1.29 is 10.0 Å². The molecule has 0 unspecified atom stereocenters. The highest BCUT2D eigenvalue weighted by molar-refractivity contribution is 5.68. The van der Waals surface area contributed by atoms with Crippen molar-refractivity contribution in [2.24, 2.45) is 0 Å². The Bertz CT molecular complexity index is 642. The molecule has 0 bridgehead atoms. The monoisotopic (exact) mass is 240 g/mol. The predicted molar refractivity (Wildman–Crippen MR) is 64.9 cm³/mol. The first kappa shape index (κ1) is 11.6. The summed E-state index contributed by atoms with van der Waals surface area (Å²) >= 11 is 0. The zero-order chi connectivity index (χ0) is 13.1. The minimum Gasteiger partial charge on any atom is -0.508 e. The number of aromatic hydroxyl groups is 1. The number of nitro groups is 1. The van der Waals surface area contributed by atoms with Gasteiger partial charge in [-0.15, -0.1) is 0 Å². The lowest BCUT2D eigenvalue weighted by atomic mass is 10.0. The molecule has 0 atom stereocenters. The first-order valence-electron chi connectivity index (χ1n) is 5.10. The van der Waals surface area contributed by atoms with E-state index in [4.69, 9.17) is 5.26 Å². The molecule has 0 heterocycles. The number of nitriles is 1. The molecule has 0 aromatic heterocycles. The van der Waals surface area contributed by atoms with E-state index < -0.39 is 4.92 Å². The number of nitrogens with zero attached hydrogens (tertiary/aromatic N) is 2. The summed E-state index contributed by atoms with van der Waals surface area (Å²) in [5.74, 6) is 0.140. The topological polar surface area (TPSA) is 87.2 Å². The summed E-state index contributed by atoms with van der Waals surface area (Å²) in [6.45, 7) is 0. The summed E-state index contributed by atoms with van der Waals surface area (Å²) in [5.41, 5.74) is 1.28. The molecule has 5 nitrogen and oxygen atoms in total. The van der Waals surface area contributed by atoms with Crippen LogP contribution in [0, 0.1) is 21.4 Å². The van der Waals surface area contributed by atoms with Gasteiger partial charge in [0, 0.05) is 6.07 Å². The number of nitro benzene ring substituents is 1. The zero-order valence-corrected chi connectivity index (χ0v) is 9.20. The van der Waals surface area contributed by atoms with E-state index in [1.807, 2.05) is 6.07 Å². The quantitative estimate of drug-likeness (QED) is 0.645. The molecule has 0 fully saturated rings. The van der Waals surface area contributed by atoms with Gasteiger partial charge in [0.15, 0.2) is 0 Å². The van der Waals surface area contributed by atoms with E-state index in [0.717, 1.165) is 5.56 Å². The maximum absolute atomic E-state index is 10.7. The van der Waals surface area contributed by atoms with Gasteiger partial charge in [-0.05, 0) is 35.4 Å². The molecule has 18 heavy (non-hydrogen) atoms. The van der Waals surface area contributed by atoms with Gasteiger partial charge in [0.25, 0.3) is 5.69 Å². The molecule has 0 saturated carbocycles. The average molecular weight is 240 g/mol. The second-order valence-corrected chi connectivity index (χ2v) is 3.65. The van der Waals surface area contributed by atoms with Gasteiger partial charge in [0.05, 0.1) is 4.92 Å². The molecular formula is C13H8N2O3. The van der Waals surface area contributed by atoms with E-state index in [0.29, 0.717) is 5.56 Å². The number of hydrogen-bond acceptors (Lipinski definition) is 4. The van der Waals surface area contributed by atoms with Crippen molar-refractivity contribution in [3.8, 4) is 22.9 Å². The van der Waals surface area contributed by atoms with Gasteiger partial charge in [-0.3, -0.25) is 10.1 Å². The van der Waals surface area contributed by atoms with Crippen LogP contribution in [0.15, 0.2) is 42.5 Å². The van der Waals surface area contributed by atoms with E-state index >= 15 is 0 Å². The Kier molecular flexibility index (Phi) is 2.94. The standard InChI is InChI=1S/C13H8N2O3/c14-8-11-7-10(3-6-13(11)15(17)18)9-1-4-12(16)5-2-9/h1-7,16H.